The van der Waals surface area contributed by atoms with Gasteiger partial charge in [0.15, 0.2) is 5.43 Å². The number of nitrogens with zero attached hydrogens (tertiary/aromatic N) is 2. The lowest BCUT2D eigenvalue weighted by Crippen LogP contribution is -2.30. The lowest BCUT2D eigenvalue weighted by Gasteiger charge is -2.24. The first-order valence-electron chi connectivity index (χ1n) is 10.5. The second kappa shape index (κ2) is 7.64. The molecule has 2 aromatic carbocycles. The Labute approximate surface area is 185 Å². The number of pyridine rings is 1. The fourth-order valence-corrected chi connectivity index (χ4v) is 4.22. The van der Waals surface area contributed by atoms with Crippen LogP contribution in [0, 0.1) is 13.8 Å². The number of aromatic nitrogens is 1. The summed E-state index contributed by atoms with van der Waals surface area (Å²) in [7, 11) is 0. The second-order valence-electron chi connectivity index (χ2n) is 7.88. The molecule has 32 heavy (non-hydrogen) atoms. The molecule has 160 valence electrons. The van der Waals surface area contributed by atoms with E-state index in [0.29, 0.717) is 34.7 Å². The van der Waals surface area contributed by atoms with E-state index < -0.39 is 6.04 Å². The summed E-state index contributed by atoms with van der Waals surface area (Å²) < 4.78 is 11.7. The van der Waals surface area contributed by atoms with Crippen LogP contribution in [0.25, 0.3) is 11.0 Å². The number of rotatable bonds is 4. The molecule has 6 heteroatoms. The average Bonchev–Trinajstić information content (AvgIpc) is 3.09. The number of amides is 1. The van der Waals surface area contributed by atoms with Gasteiger partial charge in [-0.3, -0.25) is 14.5 Å². The normalized spacial score (nSPS) is 15.3. The zero-order chi connectivity index (χ0) is 22.4. The standard InChI is InChI=1S/C26H22N2O4/c1-4-31-18-9-7-8-17(14-18)23-22-24(29)19-12-15(2)16(3)13-20(19)32-25(22)26(30)28(23)21-10-5-6-11-27-21/h5-14,23H,4H2,1-3H3. The lowest BCUT2D eigenvalue weighted by molar-refractivity contribution is 0.0970. The summed E-state index contributed by atoms with van der Waals surface area (Å²) in [5.74, 6) is 0.793. The fourth-order valence-electron chi connectivity index (χ4n) is 4.22. The predicted molar refractivity (Wildman–Crippen MR) is 122 cm³/mol. The Balaban J connectivity index is 1.81. The molecule has 2 aromatic heterocycles. The van der Waals surface area contributed by atoms with Crippen LogP contribution in [-0.4, -0.2) is 17.5 Å². The third-order valence-electron chi connectivity index (χ3n) is 5.87. The van der Waals surface area contributed by atoms with E-state index in [1.165, 1.54) is 4.90 Å². The first-order valence-corrected chi connectivity index (χ1v) is 10.5. The van der Waals surface area contributed by atoms with Crippen molar-refractivity contribution in [1.82, 2.24) is 4.98 Å². The van der Waals surface area contributed by atoms with Gasteiger partial charge in [0.25, 0.3) is 5.91 Å². The molecule has 0 N–H and O–H groups in total. The summed E-state index contributed by atoms with van der Waals surface area (Å²) in [6.45, 7) is 6.33. The highest BCUT2D eigenvalue weighted by Crippen LogP contribution is 2.41. The number of benzene rings is 2. The van der Waals surface area contributed by atoms with Crippen molar-refractivity contribution in [3.05, 3.63) is 99.0 Å². The monoisotopic (exact) mass is 426 g/mol. The Morgan fingerprint density at radius 2 is 1.84 bits per heavy atom. The van der Waals surface area contributed by atoms with Gasteiger partial charge in [-0.25, -0.2) is 4.98 Å². The van der Waals surface area contributed by atoms with Gasteiger partial charge in [-0.05, 0) is 73.9 Å². The average molecular weight is 426 g/mol. The SMILES string of the molecule is CCOc1cccc(C2c3c(oc4cc(C)c(C)cc4c3=O)C(=O)N2c2ccccn2)c1. The van der Waals surface area contributed by atoms with Crippen molar-refractivity contribution in [2.45, 2.75) is 26.8 Å². The molecule has 0 aliphatic carbocycles. The molecule has 0 radical (unpaired) electrons. The molecule has 1 aliphatic rings. The van der Waals surface area contributed by atoms with Gasteiger partial charge >= 0.3 is 0 Å². The van der Waals surface area contributed by atoms with Gasteiger partial charge in [-0.1, -0.05) is 18.2 Å². The smallest absolute Gasteiger partial charge is 0.296 e. The van der Waals surface area contributed by atoms with E-state index in [4.69, 9.17) is 9.15 Å². The second-order valence-corrected chi connectivity index (χ2v) is 7.88. The molecule has 1 atom stereocenters. The molecule has 3 heterocycles. The van der Waals surface area contributed by atoms with E-state index in [0.717, 1.165) is 16.7 Å². The molecule has 0 saturated heterocycles. The van der Waals surface area contributed by atoms with Crippen molar-refractivity contribution in [3.8, 4) is 5.75 Å². The zero-order valence-corrected chi connectivity index (χ0v) is 18.1. The summed E-state index contributed by atoms with van der Waals surface area (Å²) in [6, 6.07) is 15.8. The van der Waals surface area contributed by atoms with Crippen LogP contribution >= 0.6 is 0 Å². The highest BCUT2D eigenvalue weighted by Gasteiger charge is 2.44. The minimum absolute atomic E-state index is 0.0585. The van der Waals surface area contributed by atoms with Gasteiger partial charge in [0.05, 0.1) is 23.6 Å². The number of hydrogen-bond acceptors (Lipinski definition) is 5. The summed E-state index contributed by atoms with van der Waals surface area (Å²) in [6.07, 6.45) is 1.62. The van der Waals surface area contributed by atoms with Crippen molar-refractivity contribution in [2.24, 2.45) is 0 Å². The molecule has 1 unspecified atom stereocenters. The number of carbonyl (C=O) groups excluding carboxylic acids is 1. The lowest BCUT2D eigenvalue weighted by atomic mass is 9.97. The van der Waals surface area contributed by atoms with Crippen LogP contribution in [-0.2, 0) is 0 Å². The Bertz CT molecular complexity index is 1410. The number of carbonyl (C=O) groups is 1. The maximum atomic E-state index is 13.7. The van der Waals surface area contributed by atoms with Gasteiger partial charge in [0.1, 0.15) is 17.2 Å². The molecule has 0 saturated carbocycles. The third kappa shape index (κ3) is 3.07. The molecule has 6 nitrogen and oxygen atoms in total. The van der Waals surface area contributed by atoms with E-state index in [-0.39, 0.29) is 17.1 Å². The number of fused-ring (bicyclic) bond motifs is 2. The topological polar surface area (TPSA) is 72.6 Å². The number of ether oxygens (including phenoxy) is 1. The van der Waals surface area contributed by atoms with E-state index in [2.05, 4.69) is 4.98 Å². The Morgan fingerprint density at radius 3 is 2.59 bits per heavy atom. The molecule has 0 fully saturated rings. The van der Waals surface area contributed by atoms with Gasteiger partial charge in [0, 0.05) is 6.20 Å². The Hall–Kier alpha value is -3.93. The van der Waals surface area contributed by atoms with Crippen molar-refractivity contribution in [1.29, 1.82) is 0 Å². The fraction of sp³-hybridized carbons (Fsp3) is 0.192. The van der Waals surface area contributed by atoms with Crippen LogP contribution < -0.4 is 15.1 Å². The van der Waals surface area contributed by atoms with Crippen LogP contribution in [0.4, 0.5) is 5.82 Å². The molecule has 0 spiro atoms. The molecule has 5 rings (SSSR count). The highest BCUT2D eigenvalue weighted by atomic mass is 16.5. The number of anilines is 1. The summed E-state index contributed by atoms with van der Waals surface area (Å²) in [5.41, 5.74) is 3.27. The van der Waals surface area contributed by atoms with Crippen molar-refractivity contribution < 1.29 is 13.9 Å². The maximum absolute atomic E-state index is 13.7. The van der Waals surface area contributed by atoms with Crippen molar-refractivity contribution in [2.75, 3.05) is 11.5 Å². The molecular formula is C26H22N2O4. The Morgan fingerprint density at radius 1 is 1.03 bits per heavy atom. The van der Waals surface area contributed by atoms with E-state index >= 15 is 0 Å². The van der Waals surface area contributed by atoms with E-state index in [9.17, 15) is 9.59 Å². The van der Waals surface area contributed by atoms with Crippen LogP contribution in [0.3, 0.4) is 0 Å². The first-order chi connectivity index (χ1) is 15.5. The quantitative estimate of drug-likeness (QED) is 0.462. The first kappa shape index (κ1) is 20.0. The van der Waals surface area contributed by atoms with Crippen molar-refractivity contribution >= 4 is 22.7 Å². The van der Waals surface area contributed by atoms with Gasteiger partial charge in [-0.15, -0.1) is 0 Å². The summed E-state index contributed by atoms with van der Waals surface area (Å²) in [4.78, 5) is 33.2. The van der Waals surface area contributed by atoms with Gasteiger partial charge < -0.3 is 9.15 Å². The van der Waals surface area contributed by atoms with E-state index in [1.54, 1.807) is 18.3 Å². The van der Waals surface area contributed by atoms with E-state index in [1.807, 2.05) is 63.2 Å². The van der Waals surface area contributed by atoms with Crippen LogP contribution in [0.2, 0.25) is 0 Å². The minimum Gasteiger partial charge on any atom is -0.494 e. The van der Waals surface area contributed by atoms with Crippen LogP contribution in [0.5, 0.6) is 5.75 Å². The van der Waals surface area contributed by atoms with Crippen molar-refractivity contribution in [3.63, 3.8) is 0 Å². The minimum atomic E-state index is -0.671. The molecule has 1 aliphatic heterocycles. The Kier molecular flexibility index (Phi) is 4.78. The predicted octanol–water partition coefficient (Wildman–Crippen LogP) is 4.95. The highest BCUT2D eigenvalue weighted by molar-refractivity contribution is 6.10. The van der Waals surface area contributed by atoms with Crippen LogP contribution in [0.15, 0.2) is 70.0 Å². The largest absolute Gasteiger partial charge is 0.494 e. The number of aryl methyl sites for hydroxylation is 2. The molecule has 0 bridgehead atoms. The maximum Gasteiger partial charge on any atom is 0.296 e. The third-order valence-corrected chi connectivity index (χ3v) is 5.87. The molecular weight excluding hydrogens is 404 g/mol. The zero-order valence-electron chi connectivity index (χ0n) is 18.1. The molecule has 1 amide bonds. The summed E-state index contributed by atoms with van der Waals surface area (Å²) >= 11 is 0. The molecule has 4 aromatic rings. The number of hydrogen-bond donors (Lipinski definition) is 0. The van der Waals surface area contributed by atoms with Crippen LogP contribution in [0.1, 0.15) is 45.8 Å². The van der Waals surface area contributed by atoms with Gasteiger partial charge in [0.2, 0.25) is 5.76 Å². The summed E-state index contributed by atoms with van der Waals surface area (Å²) in [5, 5.41) is 0.466. The van der Waals surface area contributed by atoms with Gasteiger partial charge in [-0.2, -0.15) is 0 Å².